The Labute approximate surface area is 127 Å². The molecule has 0 fully saturated rings. The quantitative estimate of drug-likeness (QED) is 0.820. The third-order valence-electron chi connectivity index (χ3n) is 3.22. The Balaban J connectivity index is 2.89. The van der Waals surface area contributed by atoms with E-state index < -0.39 is 16.0 Å². The lowest BCUT2D eigenvalue weighted by molar-refractivity contribution is -0.121. The fraction of sp³-hybridized carbons (Fsp3) is 0.500. The van der Waals surface area contributed by atoms with Crippen LogP contribution in [0.25, 0.3) is 0 Å². The smallest absolute Gasteiger partial charge is 0.236 e. The highest BCUT2D eigenvalue weighted by molar-refractivity contribution is 7.86. The second-order valence-electron chi connectivity index (χ2n) is 5.35. The van der Waals surface area contributed by atoms with Crippen LogP contribution in [0.2, 0.25) is 5.02 Å². The third kappa shape index (κ3) is 4.21. The molecule has 0 aromatic heterocycles. The van der Waals surface area contributed by atoms with Crippen molar-refractivity contribution in [2.45, 2.75) is 49.8 Å². The third-order valence-corrected chi connectivity index (χ3v) is 5.12. The van der Waals surface area contributed by atoms with Gasteiger partial charge in [-0.3, -0.25) is 9.00 Å². The van der Waals surface area contributed by atoms with Crippen molar-refractivity contribution in [3.05, 3.63) is 23.2 Å². The normalized spacial score (nSPS) is 14.7. The van der Waals surface area contributed by atoms with Crippen LogP contribution in [-0.4, -0.2) is 20.9 Å². The van der Waals surface area contributed by atoms with Crippen LogP contribution in [0.1, 0.15) is 34.1 Å². The highest BCUT2D eigenvalue weighted by atomic mass is 35.5. The first-order valence-electron chi connectivity index (χ1n) is 6.45. The minimum Gasteiger partial charge on any atom is -0.398 e. The summed E-state index contributed by atoms with van der Waals surface area (Å²) in [6.07, 6.45) is 0.793. The number of benzene rings is 1. The van der Waals surface area contributed by atoms with Gasteiger partial charge in [-0.15, -0.1) is 0 Å². The standard InChI is InChI=1S/C14H21ClN2O2S/c1-5-14(3,4)17-13(18)9(2)20(19)12-7-6-10(15)8-11(12)16/h6-9H,5,16H2,1-4H3,(H,17,18). The zero-order valence-corrected chi connectivity index (χ0v) is 13.8. The Morgan fingerprint density at radius 2 is 2.10 bits per heavy atom. The highest BCUT2D eigenvalue weighted by Crippen LogP contribution is 2.23. The first-order chi connectivity index (χ1) is 9.18. The Bertz CT molecular complexity index is 532. The van der Waals surface area contributed by atoms with Gasteiger partial charge in [0.1, 0.15) is 5.25 Å². The number of hydrogen-bond acceptors (Lipinski definition) is 3. The Kier molecular flexibility index (Phi) is 5.59. The number of amides is 1. The number of halogens is 1. The molecular formula is C14H21ClN2O2S. The van der Waals surface area contributed by atoms with Gasteiger partial charge >= 0.3 is 0 Å². The van der Waals surface area contributed by atoms with Crippen LogP contribution >= 0.6 is 11.6 Å². The molecule has 1 rings (SSSR count). The van der Waals surface area contributed by atoms with Gasteiger partial charge in [-0.1, -0.05) is 18.5 Å². The number of nitrogens with one attached hydrogen (secondary N) is 1. The van der Waals surface area contributed by atoms with Crippen molar-refractivity contribution in [1.29, 1.82) is 0 Å². The van der Waals surface area contributed by atoms with Crippen molar-refractivity contribution in [3.63, 3.8) is 0 Å². The van der Waals surface area contributed by atoms with E-state index in [1.165, 1.54) is 6.07 Å². The molecule has 0 aliphatic carbocycles. The second kappa shape index (κ2) is 6.59. The van der Waals surface area contributed by atoms with Crippen molar-refractivity contribution >= 4 is 34.0 Å². The molecule has 0 bridgehead atoms. The summed E-state index contributed by atoms with van der Waals surface area (Å²) in [6, 6.07) is 4.75. The molecular weight excluding hydrogens is 296 g/mol. The largest absolute Gasteiger partial charge is 0.398 e. The van der Waals surface area contributed by atoms with Gasteiger partial charge in [0.2, 0.25) is 5.91 Å². The van der Waals surface area contributed by atoms with E-state index in [0.29, 0.717) is 15.6 Å². The van der Waals surface area contributed by atoms with Gasteiger partial charge in [-0.2, -0.15) is 0 Å². The number of carbonyl (C=O) groups excluding carboxylic acids is 1. The maximum atomic E-state index is 12.4. The summed E-state index contributed by atoms with van der Waals surface area (Å²) in [6.45, 7) is 7.47. The van der Waals surface area contributed by atoms with Crippen LogP contribution < -0.4 is 11.1 Å². The predicted molar refractivity (Wildman–Crippen MR) is 84.2 cm³/mol. The van der Waals surface area contributed by atoms with Gasteiger partial charge in [0.25, 0.3) is 0 Å². The number of nitrogens with two attached hydrogens (primary N) is 1. The lowest BCUT2D eigenvalue weighted by Crippen LogP contribution is -2.47. The zero-order valence-electron chi connectivity index (χ0n) is 12.2. The maximum absolute atomic E-state index is 12.4. The molecule has 0 heterocycles. The molecule has 1 aromatic carbocycles. The summed E-state index contributed by atoms with van der Waals surface area (Å²) in [5.74, 6) is -0.246. The first-order valence-corrected chi connectivity index (χ1v) is 8.04. The van der Waals surface area contributed by atoms with E-state index in [0.717, 1.165) is 6.42 Å². The van der Waals surface area contributed by atoms with E-state index >= 15 is 0 Å². The van der Waals surface area contributed by atoms with Crippen molar-refractivity contribution in [2.75, 3.05) is 5.73 Å². The fourth-order valence-corrected chi connectivity index (χ4v) is 2.82. The molecule has 0 saturated heterocycles. The molecule has 20 heavy (non-hydrogen) atoms. The second-order valence-corrected chi connectivity index (χ2v) is 7.53. The summed E-state index contributed by atoms with van der Waals surface area (Å²) in [7, 11) is -1.51. The SMILES string of the molecule is CCC(C)(C)NC(=O)C(C)S(=O)c1ccc(Cl)cc1N. The molecule has 2 unspecified atom stereocenters. The Morgan fingerprint density at radius 3 is 2.60 bits per heavy atom. The van der Waals surface area contributed by atoms with Crippen LogP contribution in [-0.2, 0) is 15.6 Å². The molecule has 6 heteroatoms. The average molecular weight is 317 g/mol. The molecule has 4 nitrogen and oxygen atoms in total. The van der Waals surface area contributed by atoms with E-state index in [4.69, 9.17) is 17.3 Å². The number of carbonyl (C=O) groups is 1. The van der Waals surface area contributed by atoms with Crippen LogP contribution in [0.5, 0.6) is 0 Å². The van der Waals surface area contributed by atoms with Crippen molar-refractivity contribution in [2.24, 2.45) is 0 Å². The van der Waals surface area contributed by atoms with E-state index in [-0.39, 0.29) is 11.4 Å². The van der Waals surface area contributed by atoms with Crippen LogP contribution in [0.3, 0.4) is 0 Å². The average Bonchev–Trinajstić information content (AvgIpc) is 2.36. The van der Waals surface area contributed by atoms with Gasteiger partial charge in [-0.05, 0) is 45.4 Å². The minimum atomic E-state index is -1.51. The lowest BCUT2D eigenvalue weighted by atomic mass is 10.0. The molecule has 2 atom stereocenters. The number of hydrogen-bond donors (Lipinski definition) is 2. The molecule has 0 aliphatic heterocycles. The van der Waals surface area contributed by atoms with Crippen LogP contribution in [0.15, 0.2) is 23.1 Å². The molecule has 1 aromatic rings. The first kappa shape index (κ1) is 17.0. The summed E-state index contributed by atoms with van der Waals surface area (Å²) in [5.41, 5.74) is 5.82. The van der Waals surface area contributed by atoms with Crippen LogP contribution in [0, 0.1) is 0 Å². The Hall–Kier alpha value is -1.07. The summed E-state index contributed by atoms with van der Waals surface area (Å²) in [5, 5.41) is 2.69. The van der Waals surface area contributed by atoms with Crippen molar-refractivity contribution in [3.8, 4) is 0 Å². The predicted octanol–water partition coefficient (Wildman–Crippen LogP) is 2.72. The van der Waals surface area contributed by atoms with E-state index in [1.54, 1.807) is 19.1 Å². The number of anilines is 1. The zero-order chi connectivity index (χ0) is 15.5. The van der Waals surface area contributed by atoms with Gasteiger partial charge in [0, 0.05) is 16.2 Å². The molecule has 0 aliphatic rings. The minimum absolute atomic E-state index is 0.246. The van der Waals surface area contributed by atoms with Crippen molar-refractivity contribution in [1.82, 2.24) is 5.32 Å². The molecule has 0 radical (unpaired) electrons. The molecule has 0 spiro atoms. The summed E-state index contributed by atoms with van der Waals surface area (Å²) >= 11 is 5.81. The fourth-order valence-electron chi connectivity index (χ4n) is 1.51. The molecule has 0 saturated carbocycles. The molecule has 3 N–H and O–H groups in total. The van der Waals surface area contributed by atoms with E-state index in [2.05, 4.69) is 5.32 Å². The summed E-state index contributed by atoms with van der Waals surface area (Å²) in [4.78, 5) is 12.6. The van der Waals surface area contributed by atoms with Gasteiger partial charge < -0.3 is 11.1 Å². The van der Waals surface area contributed by atoms with Crippen LogP contribution in [0.4, 0.5) is 5.69 Å². The summed E-state index contributed by atoms with van der Waals surface area (Å²) < 4.78 is 12.4. The van der Waals surface area contributed by atoms with Gasteiger partial charge in [0.15, 0.2) is 0 Å². The number of rotatable bonds is 5. The Morgan fingerprint density at radius 1 is 1.50 bits per heavy atom. The topological polar surface area (TPSA) is 72.2 Å². The van der Waals surface area contributed by atoms with Gasteiger partial charge in [-0.25, -0.2) is 0 Å². The number of nitrogen functional groups attached to an aromatic ring is 1. The molecule has 1 amide bonds. The van der Waals surface area contributed by atoms with E-state index in [1.807, 2.05) is 20.8 Å². The molecule has 112 valence electrons. The highest BCUT2D eigenvalue weighted by Gasteiger charge is 2.27. The van der Waals surface area contributed by atoms with Gasteiger partial charge in [0.05, 0.1) is 15.7 Å². The lowest BCUT2D eigenvalue weighted by Gasteiger charge is -2.26. The van der Waals surface area contributed by atoms with E-state index in [9.17, 15) is 9.00 Å². The van der Waals surface area contributed by atoms with Crippen molar-refractivity contribution < 1.29 is 9.00 Å². The maximum Gasteiger partial charge on any atom is 0.236 e. The monoisotopic (exact) mass is 316 g/mol.